The van der Waals surface area contributed by atoms with Gasteiger partial charge in [-0.05, 0) is 45.7 Å². The van der Waals surface area contributed by atoms with Gasteiger partial charge in [0.2, 0.25) is 5.91 Å². The normalized spacial score (nSPS) is 12.9. The van der Waals surface area contributed by atoms with Crippen molar-refractivity contribution < 1.29 is 9.90 Å². The van der Waals surface area contributed by atoms with Crippen LogP contribution in [0.25, 0.3) is 0 Å². The van der Waals surface area contributed by atoms with Crippen molar-refractivity contribution in [2.45, 2.75) is 40.7 Å². The van der Waals surface area contributed by atoms with Crippen molar-refractivity contribution in [1.29, 1.82) is 0 Å². The van der Waals surface area contributed by atoms with Crippen molar-refractivity contribution >= 4 is 11.6 Å². The van der Waals surface area contributed by atoms with E-state index in [4.69, 9.17) is 0 Å². The van der Waals surface area contributed by atoms with Gasteiger partial charge in [0, 0.05) is 5.69 Å². The summed E-state index contributed by atoms with van der Waals surface area (Å²) in [6, 6.07) is 4.05. The Balaban J connectivity index is 3.04. The fourth-order valence-electron chi connectivity index (χ4n) is 2.08. The van der Waals surface area contributed by atoms with E-state index < -0.39 is 11.5 Å². The lowest BCUT2D eigenvalue weighted by atomic mass is 9.85. The number of carbonyl (C=O) groups is 1. The van der Waals surface area contributed by atoms with E-state index in [1.807, 2.05) is 32.9 Å². The molecule has 0 aliphatic carbocycles. The minimum Gasteiger partial charge on any atom is -0.388 e. The van der Waals surface area contributed by atoms with E-state index in [9.17, 15) is 9.90 Å². The first-order chi connectivity index (χ1) is 8.70. The second kappa shape index (κ2) is 5.57. The first-order valence-electron chi connectivity index (χ1n) is 6.40. The Labute approximate surface area is 115 Å². The highest BCUT2D eigenvalue weighted by atomic mass is 16.3. The summed E-state index contributed by atoms with van der Waals surface area (Å²) in [6.45, 7) is 12.9. The standard InChI is InChI=1S/C16H23NO2/c1-7-13(18)16(5,6)15(19)17-14-11(3)8-10(2)9-12(14)4/h7-9,13,18H,1H2,2-6H3,(H,17,19)/t13-/m0/s1. The third-order valence-electron chi connectivity index (χ3n) is 3.46. The predicted octanol–water partition coefficient (Wildman–Crippen LogP) is 3.12. The van der Waals surface area contributed by atoms with Gasteiger partial charge >= 0.3 is 0 Å². The number of rotatable bonds is 4. The third kappa shape index (κ3) is 3.24. The largest absolute Gasteiger partial charge is 0.388 e. The van der Waals surface area contributed by atoms with Crippen LogP contribution in [0.3, 0.4) is 0 Å². The van der Waals surface area contributed by atoms with Crippen molar-refractivity contribution in [2.24, 2.45) is 5.41 Å². The highest BCUT2D eigenvalue weighted by Gasteiger charge is 2.34. The molecular weight excluding hydrogens is 238 g/mol. The molecule has 1 aromatic carbocycles. The van der Waals surface area contributed by atoms with Crippen LogP contribution in [0.5, 0.6) is 0 Å². The minimum absolute atomic E-state index is 0.213. The van der Waals surface area contributed by atoms with E-state index in [1.165, 1.54) is 11.6 Å². The van der Waals surface area contributed by atoms with E-state index in [0.717, 1.165) is 16.8 Å². The molecule has 0 bridgehead atoms. The Bertz CT molecular complexity index is 480. The summed E-state index contributed by atoms with van der Waals surface area (Å²) in [7, 11) is 0. The maximum Gasteiger partial charge on any atom is 0.232 e. The summed E-state index contributed by atoms with van der Waals surface area (Å²) in [5.74, 6) is -0.213. The third-order valence-corrected chi connectivity index (χ3v) is 3.46. The van der Waals surface area contributed by atoms with Crippen LogP contribution in [0.4, 0.5) is 5.69 Å². The Kier molecular flexibility index (Phi) is 4.53. The highest BCUT2D eigenvalue weighted by Crippen LogP contribution is 2.27. The molecule has 2 N–H and O–H groups in total. The van der Waals surface area contributed by atoms with Gasteiger partial charge in [0.25, 0.3) is 0 Å². The minimum atomic E-state index is -0.911. The number of benzene rings is 1. The van der Waals surface area contributed by atoms with Crippen LogP contribution in [-0.4, -0.2) is 17.1 Å². The number of aryl methyl sites for hydroxylation is 3. The van der Waals surface area contributed by atoms with E-state index in [2.05, 4.69) is 11.9 Å². The number of aliphatic hydroxyl groups is 1. The molecule has 3 nitrogen and oxygen atoms in total. The van der Waals surface area contributed by atoms with Crippen LogP contribution in [0.1, 0.15) is 30.5 Å². The number of nitrogens with one attached hydrogen (secondary N) is 1. The summed E-state index contributed by atoms with van der Waals surface area (Å²) in [4.78, 5) is 12.3. The smallest absolute Gasteiger partial charge is 0.232 e. The fourth-order valence-corrected chi connectivity index (χ4v) is 2.08. The lowest BCUT2D eigenvalue weighted by Crippen LogP contribution is -2.40. The van der Waals surface area contributed by atoms with Gasteiger partial charge in [-0.3, -0.25) is 4.79 Å². The molecule has 0 aromatic heterocycles. The number of carbonyl (C=O) groups excluding carboxylic acids is 1. The molecule has 0 heterocycles. The first kappa shape index (κ1) is 15.4. The highest BCUT2D eigenvalue weighted by molar-refractivity contribution is 5.96. The number of hydrogen-bond acceptors (Lipinski definition) is 2. The molecule has 1 atom stereocenters. The van der Waals surface area contributed by atoms with E-state index >= 15 is 0 Å². The molecule has 0 aliphatic rings. The topological polar surface area (TPSA) is 49.3 Å². The van der Waals surface area contributed by atoms with Crippen LogP contribution in [-0.2, 0) is 4.79 Å². The van der Waals surface area contributed by atoms with Crippen LogP contribution in [0, 0.1) is 26.2 Å². The van der Waals surface area contributed by atoms with Gasteiger partial charge < -0.3 is 10.4 Å². The Hall–Kier alpha value is -1.61. The molecule has 0 spiro atoms. The Morgan fingerprint density at radius 1 is 1.32 bits per heavy atom. The molecule has 1 rings (SSSR count). The fraction of sp³-hybridized carbons (Fsp3) is 0.438. The van der Waals surface area contributed by atoms with Crippen molar-refractivity contribution in [1.82, 2.24) is 0 Å². The van der Waals surface area contributed by atoms with E-state index in [-0.39, 0.29) is 5.91 Å². The van der Waals surface area contributed by atoms with Gasteiger partial charge in [0.15, 0.2) is 0 Å². The molecule has 0 fully saturated rings. The lowest BCUT2D eigenvalue weighted by Gasteiger charge is -2.28. The lowest BCUT2D eigenvalue weighted by molar-refractivity contribution is -0.128. The van der Waals surface area contributed by atoms with Gasteiger partial charge in [-0.25, -0.2) is 0 Å². The molecule has 3 heteroatoms. The van der Waals surface area contributed by atoms with Crippen LogP contribution in [0.15, 0.2) is 24.8 Å². The zero-order chi connectivity index (χ0) is 14.8. The first-order valence-corrected chi connectivity index (χ1v) is 6.40. The van der Waals surface area contributed by atoms with Gasteiger partial charge in [0.05, 0.1) is 11.5 Å². The molecule has 0 saturated carbocycles. The van der Waals surface area contributed by atoms with Crippen LogP contribution >= 0.6 is 0 Å². The zero-order valence-corrected chi connectivity index (χ0v) is 12.4. The van der Waals surface area contributed by atoms with Crippen molar-refractivity contribution in [3.05, 3.63) is 41.5 Å². The zero-order valence-electron chi connectivity index (χ0n) is 12.4. The summed E-state index contributed by atoms with van der Waals surface area (Å²) in [6.07, 6.45) is 0.507. The van der Waals surface area contributed by atoms with Gasteiger partial charge in [-0.15, -0.1) is 6.58 Å². The summed E-state index contributed by atoms with van der Waals surface area (Å²) >= 11 is 0. The molecule has 0 aliphatic heterocycles. The summed E-state index contributed by atoms with van der Waals surface area (Å²) < 4.78 is 0. The molecule has 0 saturated heterocycles. The average Bonchev–Trinajstić information content (AvgIpc) is 2.31. The number of aliphatic hydroxyl groups excluding tert-OH is 1. The molecule has 0 radical (unpaired) electrons. The molecule has 104 valence electrons. The quantitative estimate of drug-likeness (QED) is 0.818. The van der Waals surface area contributed by atoms with E-state index in [1.54, 1.807) is 13.8 Å². The second-order valence-corrected chi connectivity index (χ2v) is 5.63. The van der Waals surface area contributed by atoms with Crippen molar-refractivity contribution in [2.75, 3.05) is 5.32 Å². The van der Waals surface area contributed by atoms with E-state index in [0.29, 0.717) is 0 Å². The molecule has 0 unspecified atom stereocenters. The molecule has 19 heavy (non-hydrogen) atoms. The van der Waals surface area contributed by atoms with Gasteiger partial charge in [-0.2, -0.15) is 0 Å². The van der Waals surface area contributed by atoms with Crippen LogP contribution in [0.2, 0.25) is 0 Å². The maximum absolute atomic E-state index is 12.3. The Morgan fingerprint density at radius 3 is 2.21 bits per heavy atom. The molecule has 1 aromatic rings. The summed E-state index contributed by atoms with van der Waals surface area (Å²) in [5, 5.41) is 12.8. The maximum atomic E-state index is 12.3. The number of anilines is 1. The van der Waals surface area contributed by atoms with Gasteiger partial charge in [-0.1, -0.05) is 23.8 Å². The summed E-state index contributed by atoms with van der Waals surface area (Å²) in [5.41, 5.74) is 3.12. The predicted molar refractivity (Wildman–Crippen MR) is 79.3 cm³/mol. The van der Waals surface area contributed by atoms with Crippen LogP contribution < -0.4 is 5.32 Å². The van der Waals surface area contributed by atoms with Gasteiger partial charge in [0.1, 0.15) is 0 Å². The number of amides is 1. The van der Waals surface area contributed by atoms with Crippen molar-refractivity contribution in [3.8, 4) is 0 Å². The van der Waals surface area contributed by atoms with Crippen molar-refractivity contribution in [3.63, 3.8) is 0 Å². The second-order valence-electron chi connectivity index (χ2n) is 5.63. The Morgan fingerprint density at radius 2 is 1.79 bits per heavy atom. The monoisotopic (exact) mass is 261 g/mol. The number of hydrogen-bond donors (Lipinski definition) is 2. The molecular formula is C16H23NO2. The molecule has 1 amide bonds. The SMILES string of the molecule is C=C[C@H](O)C(C)(C)C(=O)Nc1c(C)cc(C)cc1C. The average molecular weight is 261 g/mol.